The lowest BCUT2D eigenvalue weighted by Gasteiger charge is -2.09. The zero-order chi connectivity index (χ0) is 23.4. The van der Waals surface area contributed by atoms with Gasteiger partial charge in [-0.15, -0.1) is 0 Å². The van der Waals surface area contributed by atoms with Gasteiger partial charge >= 0.3 is 0 Å². The molecule has 3 aromatic carbocycles. The smallest absolute Gasteiger partial charge is 0.240 e. The van der Waals surface area contributed by atoms with Crippen LogP contribution in [0.5, 0.6) is 0 Å². The quantitative estimate of drug-likeness (QED) is 0.302. The number of nitrogens with one attached hydrogen (secondary N) is 2. The summed E-state index contributed by atoms with van der Waals surface area (Å²) in [6.45, 7) is 6.94. The highest BCUT2D eigenvalue weighted by Crippen LogP contribution is 2.29. The number of amides is 2. The zero-order valence-corrected chi connectivity index (χ0v) is 19.2. The molecule has 0 aliphatic heterocycles. The van der Waals surface area contributed by atoms with Crippen molar-refractivity contribution >= 4 is 45.5 Å². The van der Waals surface area contributed by atoms with Crippen molar-refractivity contribution in [2.45, 2.75) is 40.2 Å². The number of nitrogens with zero attached hydrogens (tertiary/aromatic N) is 2. The Morgan fingerprint density at radius 3 is 2.48 bits per heavy atom. The molecule has 0 bridgehead atoms. The van der Waals surface area contributed by atoms with Crippen molar-refractivity contribution in [3.8, 4) is 0 Å². The first-order valence-electron chi connectivity index (χ1n) is 11.2. The zero-order valence-electron chi connectivity index (χ0n) is 19.2. The topological polar surface area (TPSA) is 75.5 Å². The molecule has 0 saturated carbocycles. The Morgan fingerprint density at radius 2 is 1.67 bits per heavy atom. The average Bonchev–Trinajstić information content (AvgIpc) is 3.13. The number of benzene rings is 3. The minimum absolute atomic E-state index is 0.0665. The third-order valence-electron chi connectivity index (χ3n) is 5.76. The number of aromatic nitrogens is 1. The van der Waals surface area contributed by atoms with Gasteiger partial charge in [-0.2, -0.15) is 5.10 Å². The van der Waals surface area contributed by atoms with Crippen LogP contribution >= 0.6 is 0 Å². The largest absolute Gasteiger partial charge is 0.341 e. The van der Waals surface area contributed by atoms with E-state index in [1.807, 2.05) is 50.2 Å². The van der Waals surface area contributed by atoms with Crippen LogP contribution in [0.4, 0.5) is 5.69 Å². The maximum Gasteiger partial charge on any atom is 0.240 e. The van der Waals surface area contributed by atoms with E-state index in [2.05, 4.69) is 51.6 Å². The van der Waals surface area contributed by atoms with Crippen LogP contribution in [0.3, 0.4) is 0 Å². The van der Waals surface area contributed by atoms with Crippen molar-refractivity contribution in [3.63, 3.8) is 0 Å². The lowest BCUT2D eigenvalue weighted by molar-refractivity contribution is -0.124. The minimum Gasteiger partial charge on any atom is -0.341 e. The van der Waals surface area contributed by atoms with Gasteiger partial charge in [0.25, 0.3) is 0 Å². The molecular formula is C27H28N4O2. The number of rotatable bonds is 7. The molecule has 6 heteroatoms. The van der Waals surface area contributed by atoms with E-state index in [1.54, 1.807) is 6.21 Å². The summed E-state index contributed by atoms with van der Waals surface area (Å²) in [6.07, 6.45) is 1.79. The van der Waals surface area contributed by atoms with E-state index in [0.717, 1.165) is 34.3 Å². The SMILES string of the molecule is CCn1c2ccccc2c2cc(C=NNC(=O)CCC(=O)Nc3cc(C)ccc3C)ccc21. The van der Waals surface area contributed by atoms with Crippen molar-refractivity contribution < 1.29 is 9.59 Å². The Bertz CT molecular complexity index is 1370. The van der Waals surface area contributed by atoms with E-state index in [1.165, 1.54) is 16.4 Å². The number of carbonyl (C=O) groups is 2. The molecule has 0 aliphatic rings. The number of para-hydroxylation sites is 1. The molecule has 0 atom stereocenters. The fraction of sp³-hybridized carbons (Fsp3) is 0.222. The maximum absolute atomic E-state index is 12.2. The molecule has 0 unspecified atom stereocenters. The summed E-state index contributed by atoms with van der Waals surface area (Å²) in [7, 11) is 0. The van der Waals surface area contributed by atoms with Gasteiger partial charge in [0.05, 0.1) is 6.21 Å². The number of hydrazone groups is 1. The minimum atomic E-state index is -0.300. The van der Waals surface area contributed by atoms with Crippen LogP contribution in [0.15, 0.2) is 65.8 Å². The number of hydrogen-bond donors (Lipinski definition) is 2. The molecule has 168 valence electrons. The third kappa shape index (κ3) is 4.95. The molecule has 0 radical (unpaired) electrons. The van der Waals surface area contributed by atoms with E-state index in [0.29, 0.717) is 0 Å². The molecule has 1 heterocycles. The normalized spacial score (nSPS) is 11.4. The van der Waals surface area contributed by atoms with Gasteiger partial charge in [0.2, 0.25) is 11.8 Å². The second-order valence-corrected chi connectivity index (χ2v) is 8.20. The molecule has 6 nitrogen and oxygen atoms in total. The molecule has 2 amide bonds. The summed E-state index contributed by atoms with van der Waals surface area (Å²) in [4.78, 5) is 24.3. The van der Waals surface area contributed by atoms with Crippen LogP contribution in [0, 0.1) is 13.8 Å². The molecule has 4 aromatic rings. The summed E-state index contributed by atoms with van der Waals surface area (Å²) in [5.41, 5.74) is 8.63. The molecule has 0 saturated heterocycles. The summed E-state index contributed by atoms with van der Waals surface area (Å²) in [6, 6.07) is 20.4. The molecule has 1 aromatic heterocycles. The number of carbonyl (C=O) groups excluding carboxylic acids is 2. The van der Waals surface area contributed by atoms with Gasteiger partial charge < -0.3 is 9.88 Å². The van der Waals surface area contributed by atoms with Crippen molar-refractivity contribution in [3.05, 3.63) is 77.4 Å². The summed E-state index contributed by atoms with van der Waals surface area (Å²) in [5, 5.41) is 9.30. The van der Waals surface area contributed by atoms with Crippen LogP contribution in [0.1, 0.15) is 36.5 Å². The fourth-order valence-electron chi connectivity index (χ4n) is 4.04. The highest BCUT2D eigenvalue weighted by molar-refractivity contribution is 6.09. The van der Waals surface area contributed by atoms with Gasteiger partial charge in [0.1, 0.15) is 0 Å². The Balaban J connectivity index is 1.36. The lowest BCUT2D eigenvalue weighted by atomic mass is 10.1. The van der Waals surface area contributed by atoms with E-state index in [-0.39, 0.29) is 24.7 Å². The van der Waals surface area contributed by atoms with Gasteiger partial charge in [-0.3, -0.25) is 9.59 Å². The van der Waals surface area contributed by atoms with Crippen LogP contribution < -0.4 is 10.7 Å². The van der Waals surface area contributed by atoms with Crippen molar-refractivity contribution in [2.75, 3.05) is 5.32 Å². The third-order valence-corrected chi connectivity index (χ3v) is 5.76. The van der Waals surface area contributed by atoms with Crippen LogP contribution in [0.2, 0.25) is 0 Å². The van der Waals surface area contributed by atoms with Gasteiger partial charge in [-0.1, -0.05) is 36.4 Å². The highest BCUT2D eigenvalue weighted by Gasteiger charge is 2.10. The molecule has 0 fully saturated rings. The first-order valence-corrected chi connectivity index (χ1v) is 11.2. The number of hydrogen-bond acceptors (Lipinski definition) is 3. The van der Waals surface area contributed by atoms with Crippen molar-refractivity contribution in [1.29, 1.82) is 0 Å². The van der Waals surface area contributed by atoms with Crippen molar-refractivity contribution in [1.82, 2.24) is 9.99 Å². The van der Waals surface area contributed by atoms with Gasteiger partial charge in [0.15, 0.2) is 0 Å². The average molecular weight is 441 g/mol. The number of anilines is 1. The molecule has 33 heavy (non-hydrogen) atoms. The summed E-state index contributed by atoms with van der Waals surface area (Å²) in [5.74, 6) is -0.494. The Hall–Kier alpha value is -3.93. The van der Waals surface area contributed by atoms with Crippen molar-refractivity contribution in [2.24, 2.45) is 5.10 Å². The van der Waals surface area contributed by atoms with Crippen LogP contribution in [0.25, 0.3) is 21.8 Å². The van der Waals surface area contributed by atoms with Crippen LogP contribution in [-0.4, -0.2) is 22.6 Å². The lowest BCUT2D eigenvalue weighted by Crippen LogP contribution is -2.20. The van der Waals surface area contributed by atoms with Crippen LogP contribution in [-0.2, 0) is 16.1 Å². The fourth-order valence-corrected chi connectivity index (χ4v) is 4.04. The second kappa shape index (κ2) is 9.69. The Kier molecular flexibility index (Phi) is 6.54. The maximum atomic E-state index is 12.2. The first kappa shape index (κ1) is 22.3. The molecule has 0 aliphatic carbocycles. The first-order chi connectivity index (χ1) is 16.0. The predicted molar refractivity (Wildman–Crippen MR) is 135 cm³/mol. The molecular weight excluding hydrogens is 412 g/mol. The number of aryl methyl sites for hydroxylation is 3. The highest BCUT2D eigenvalue weighted by atomic mass is 16.2. The standard InChI is InChI=1S/C27H28N4O2/c1-4-31-24-8-6-5-7-21(24)22-16-20(11-12-25(22)31)17-28-30-27(33)14-13-26(32)29-23-15-18(2)9-10-19(23)3/h5-12,15-17H,4,13-14H2,1-3H3,(H,29,32)(H,30,33). The predicted octanol–water partition coefficient (Wildman–Crippen LogP) is 5.30. The Labute approximate surface area is 193 Å². The van der Waals surface area contributed by atoms with Gasteiger partial charge in [0, 0.05) is 46.9 Å². The Morgan fingerprint density at radius 1 is 0.909 bits per heavy atom. The molecule has 0 spiro atoms. The van der Waals surface area contributed by atoms with E-state index < -0.39 is 0 Å². The van der Waals surface area contributed by atoms with E-state index in [4.69, 9.17) is 0 Å². The molecule has 4 rings (SSSR count). The summed E-state index contributed by atoms with van der Waals surface area (Å²) >= 11 is 0. The molecule has 2 N–H and O–H groups in total. The monoisotopic (exact) mass is 440 g/mol. The second-order valence-electron chi connectivity index (χ2n) is 8.20. The van der Waals surface area contributed by atoms with Gasteiger partial charge in [-0.25, -0.2) is 5.43 Å². The van der Waals surface area contributed by atoms with Gasteiger partial charge in [-0.05, 0) is 61.7 Å². The number of fused-ring (bicyclic) bond motifs is 3. The summed E-state index contributed by atoms with van der Waals surface area (Å²) < 4.78 is 2.29. The van der Waals surface area contributed by atoms with E-state index >= 15 is 0 Å². The van der Waals surface area contributed by atoms with E-state index in [9.17, 15) is 9.59 Å².